The van der Waals surface area contributed by atoms with E-state index in [1.54, 1.807) is 28.3 Å². The Bertz CT molecular complexity index is 2210. The average molecular weight is 961 g/mol. The van der Waals surface area contributed by atoms with Gasteiger partial charge in [0.1, 0.15) is 24.2 Å². The molecule has 0 spiro atoms. The van der Waals surface area contributed by atoms with Crippen molar-refractivity contribution in [3.05, 3.63) is 121 Å². The molecule has 1 amide bonds. The van der Waals surface area contributed by atoms with Gasteiger partial charge in [-0.2, -0.15) is 8.78 Å². The van der Waals surface area contributed by atoms with Gasteiger partial charge in [0, 0.05) is 33.3 Å². The summed E-state index contributed by atoms with van der Waals surface area (Å²) in [6.45, 7) is 7.39. The fraction of sp³-hybridized carbons (Fsp3) is 0.385. The number of ether oxygens (including phenoxy) is 2. The van der Waals surface area contributed by atoms with Gasteiger partial charge in [0.15, 0.2) is 0 Å². The third kappa shape index (κ3) is 27.2. The van der Waals surface area contributed by atoms with Crippen molar-refractivity contribution in [2.45, 2.75) is 72.2 Å². The molecule has 69 heavy (non-hydrogen) atoms. The van der Waals surface area contributed by atoms with Crippen LogP contribution in [0.4, 0.5) is 8.78 Å². The Balaban J connectivity index is 0.00000121. The van der Waals surface area contributed by atoms with Crippen molar-refractivity contribution in [2.75, 3.05) is 62.6 Å². The fourth-order valence-corrected chi connectivity index (χ4v) is 6.14. The second-order valence-electron chi connectivity index (χ2n) is 15.0. The van der Waals surface area contributed by atoms with E-state index in [0.29, 0.717) is 19.3 Å². The highest BCUT2D eigenvalue weighted by Gasteiger charge is 2.10. The summed E-state index contributed by atoms with van der Waals surface area (Å²) in [6.07, 6.45) is 10.3. The van der Waals surface area contributed by atoms with Gasteiger partial charge in [0.2, 0.25) is 6.41 Å². The Kier molecular flexibility index (Phi) is 35.8. The Morgan fingerprint density at radius 3 is 1.48 bits per heavy atom. The number of imidazole rings is 2. The minimum absolute atomic E-state index is 0.170. The molecule has 378 valence electrons. The first-order valence-electron chi connectivity index (χ1n) is 22.4. The molecular formula is C52H74F2N8O7. The van der Waals surface area contributed by atoms with E-state index >= 15 is 0 Å². The molecule has 15 nitrogen and oxygen atoms in total. The van der Waals surface area contributed by atoms with E-state index in [1.165, 1.54) is 29.0 Å². The minimum Gasteiger partial charge on any atom is -0.471 e. The van der Waals surface area contributed by atoms with Crippen molar-refractivity contribution >= 4 is 36.2 Å². The molecule has 17 heteroatoms. The number of carbonyl (C=O) groups excluding carboxylic acids is 4. The summed E-state index contributed by atoms with van der Waals surface area (Å²) in [5.41, 5.74) is 7.85. The lowest BCUT2D eigenvalue weighted by Gasteiger charge is -2.13. The second-order valence-corrected chi connectivity index (χ2v) is 15.0. The number of aromatic amines is 2. The number of aliphatic hydroxyl groups excluding tert-OH is 1. The lowest BCUT2D eigenvalue weighted by Crippen LogP contribution is -2.19. The van der Waals surface area contributed by atoms with E-state index in [4.69, 9.17) is 14.7 Å². The maximum Gasteiger partial charge on any atom is 0.342 e. The predicted octanol–water partition coefficient (Wildman–Crippen LogP) is 8.72. The molecule has 0 aliphatic heterocycles. The molecule has 0 bridgehead atoms. The van der Waals surface area contributed by atoms with Crippen molar-refractivity contribution in [1.29, 1.82) is 0 Å². The molecule has 6 aromatic rings. The summed E-state index contributed by atoms with van der Waals surface area (Å²) in [4.78, 5) is 58.6. The number of alkyl halides is 2. The van der Waals surface area contributed by atoms with Crippen LogP contribution in [-0.4, -0.2) is 130 Å². The number of aldehydes is 2. The number of likely N-dealkylation sites (N-methyl/N-ethyl adjacent to an activating group) is 1. The lowest BCUT2D eigenvalue weighted by molar-refractivity contribution is -0.126. The Labute approximate surface area is 407 Å². The number of rotatable bonds is 18. The third-order valence-corrected chi connectivity index (χ3v) is 9.21. The molecule has 0 radical (unpaired) electrons. The number of aromatic nitrogens is 4. The van der Waals surface area contributed by atoms with Gasteiger partial charge in [-0.1, -0.05) is 99.6 Å². The fourth-order valence-electron chi connectivity index (χ4n) is 6.14. The minimum atomic E-state index is -3.17. The van der Waals surface area contributed by atoms with E-state index in [-0.39, 0.29) is 6.04 Å². The monoisotopic (exact) mass is 961 g/mol. The SMILES string of the molecule is CCCC=O.CCCN(C)Cc1ncc(-c2ccc(-c3ccc4cc(-c5cnc(CN(C)CCC)[nH]5)ccc4c3)cc2)[nH]1.CNC(C=O)c1ccccc1.CNC=O.COC.COC=O.OC(F)F. The number of benzene rings is 4. The predicted molar refractivity (Wildman–Crippen MR) is 272 cm³/mol. The van der Waals surface area contributed by atoms with E-state index in [9.17, 15) is 18.4 Å². The lowest BCUT2D eigenvalue weighted by atomic mass is 9.98. The van der Waals surface area contributed by atoms with Crippen LogP contribution in [-0.2, 0) is 41.7 Å². The van der Waals surface area contributed by atoms with E-state index in [0.717, 1.165) is 97.7 Å². The van der Waals surface area contributed by atoms with Gasteiger partial charge in [-0.15, -0.1) is 0 Å². The van der Waals surface area contributed by atoms with Gasteiger partial charge in [-0.05, 0) is 98.7 Å². The van der Waals surface area contributed by atoms with Gasteiger partial charge >= 0.3 is 6.61 Å². The largest absolute Gasteiger partial charge is 0.471 e. The number of hydrogen-bond acceptors (Lipinski definition) is 12. The van der Waals surface area contributed by atoms with Gasteiger partial charge in [0.05, 0.1) is 50.0 Å². The van der Waals surface area contributed by atoms with Crippen molar-refractivity contribution in [1.82, 2.24) is 40.4 Å². The Morgan fingerprint density at radius 2 is 1.10 bits per heavy atom. The number of carbonyl (C=O) groups is 4. The third-order valence-electron chi connectivity index (χ3n) is 9.21. The molecule has 0 saturated heterocycles. The van der Waals surface area contributed by atoms with E-state index in [1.807, 2.05) is 49.6 Å². The molecule has 1 atom stereocenters. The van der Waals surface area contributed by atoms with Crippen LogP contribution in [0.5, 0.6) is 0 Å². The summed E-state index contributed by atoms with van der Waals surface area (Å²) < 4.78 is 27.9. The van der Waals surface area contributed by atoms with Crippen LogP contribution in [0.2, 0.25) is 0 Å². The smallest absolute Gasteiger partial charge is 0.342 e. The Hall–Kier alpha value is -6.50. The molecule has 0 aliphatic carbocycles. The van der Waals surface area contributed by atoms with Crippen LogP contribution >= 0.6 is 0 Å². The zero-order valence-electron chi connectivity index (χ0n) is 41.9. The van der Waals surface area contributed by atoms with Gasteiger partial charge < -0.3 is 44.8 Å². The summed E-state index contributed by atoms with van der Waals surface area (Å²) in [6, 6.07) is 31.5. The number of aliphatic hydroxyl groups is 1. The number of nitrogens with zero attached hydrogens (tertiary/aromatic N) is 4. The summed E-state index contributed by atoms with van der Waals surface area (Å²) in [5.74, 6) is 2.01. The number of H-pyrrole nitrogens is 2. The molecule has 2 aromatic heterocycles. The van der Waals surface area contributed by atoms with Crippen LogP contribution < -0.4 is 10.6 Å². The first-order chi connectivity index (χ1) is 33.3. The normalized spacial score (nSPS) is 10.4. The first kappa shape index (κ1) is 62.5. The molecule has 0 fully saturated rings. The molecule has 5 N–H and O–H groups in total. The molecule has 6 rings (SSSR count). The van der Waals surface area contributed by atoms with Crippen molar-refractivity contribution in [3.8, 4) is 33.6 Å². The van der Waals surface area contributed by atoms with E-state index in [2.05, 4.69) is 138 Å². The second kappa shape index (κ2) is 39.5. The number of methoxy groups -OCH3 is 2. The van der Waals surface area contributed by atoms with Gasteiger partial charge in [-0.25, -0.2) is 9.97 Å². The number of amides is 1. The summed E-state index contributed by atoms with van der Waals surface area (Å²) in [5, 5.41) is 14.3. The highest BCUT2D eigenvalue weighted by atomic mass is 19.3. The summed E-state index contributed by atoms with van der Waals surface area (Å²) >= 11 is 0. The number of nitrogens with one attached hydrogen (secondary N) is 4. The molecule has 1 unspecified atom stereocenters. The van der Waals surface area contributed by atoms with Crippen molar-refractivity contribution in [2.24, 2.45) is 0 Å². The van der Waals surface area contributed by atoms with Crippen LogP contribution in [0, 0.1) is 0 Å². The molecule has 2 heterocycles. The highest BCUT2D eigenvalue weighted by molar-refractivity contribution is 5.90. The summed E-state index contributed by atoms with van der Waals surface area (Å²) in [7, 11) is 12.2. The zero-order chi connectivity index (χ0) is 51.8. The zero-order valence-corrected chi connectivity index (χ0v) is 41.9. The number of hydrogen-bond donors (Lipinski definition) is 5. The standard InChI is InChI=1S/C32H38N6.C9H11NO.C4H8O.C2H5NO.C2H4O2.C2H6O.CH2F2O/c1-5-15-37(3)21-31-33-19-29(35-31)24-9-7-23(8-10-24)25-11-12-27-18-28(14-13-26(27)17-25)30-20-34-32(36-30)22-38(4)16-6-2;1-10-9(7-11)8-5-3-2-4-6-8;1-2-3-4-5;1-3-2-4;1-4-2-3;1-3-2;2-1(3)4/h7-14,17-20H,5-6,15-16,21-22H2,1-4H3,(H,33,35)(H,34,36);2-7,9-10H,1H3;4H,2-3H2,1H3;2H,1H3,(H,3,4);2H,1H3;1-2H3;1,4H. The van der Waals surface area contributed by atoms with Crippen LogP contribution in [0.1, 0.15) is 69.7 Å². The number of halogens is 2. The number of fused-ring (bicyclic) bond motifs is 1. The van der Waals surface area contributed by atoms with Crippen molar-refractivity contribution < 1.29 is 42.5 Å². The number of unbranched alkanes of at least 4 members (excludes halogenated alkanes) is 1. The van der Waals surface area contributed by atoms with Gasteiger partial charge in [-0.3, -0.25) is 19.4 Å². The van der Waals surface area contributed by atoms with Crippen molar-refractivity contribution in [3.63, 3.8) is 0 Å². The Morgan fingerprint density at radius 1 is 0.681 bits per heavy atom. The molecule has 0 aliphatic rings. The first-order valence-corrected chi connectivity index (χ1v) is 22.4. The topological polar surface area (TPSA) is 195 Å². The highest BCUT2D eigenvalue weighted by Crippen LogP contribution is 2.29. The van der Waals surface area contributed by atoms with Crippen LogP contribution in [0.25, 0.3) is 44.4 Å². The average Bonchev–Trinajstić information content (AvgIpc) is 4.03. The maximum atomic E-state index is 10.5. The molecule has 0 saturated carbocycles. The van der Waals surface area contributed by atoms with Crippen LogP contribution in [0.15, 0.2) is 103 Å². The molecule has 4 aromatic carbocycles. The van der Waals surface area contributed by atoms with Gasteiger partial charge in [0.25, 0.3) is 6.47 Å². The maximum absolute atomic E-state index is 10.5. The van der Waals surface area contributed by atoms with E-state index < -0.39 is 6.61 Å². The quantitative estimate of drug-likeness (QED) is 0.0515. The van der Waals surface area contributed by atoms with Crippen LogP contribution in [0.3, 0.4) is 0 Å². The molecular weight excluding hydrogens is 887 g/mol.